The molecule has 1 aliphatic rings. The zero-order valence-electron chi connectivity index (χ0n) is 20.8. The lowest BCUT2D eigenvalue weighted by atomic mass is 10.0. The third-order valence-electron chi connectivity index (χ3n) is 7.02. The SMILES string of the molecule is CCCCCCCc1ccc(N2CCN(c3ccc(CCCCCCC)cc3)CC2)cc1. The Balaban J connectivity index is 1.39. The standard InChI is InChI=1S/C30H46N2/c1-3-5-7-9-11-13-27-15-19-29(20-16-27)31-23-25-32(26-24-31)30-21-17-28(18-22-30)14-12-10-8-6-4-2/h15-22H,3-14,23-26H2,1-2H3. The van der Waals surface area contributed by atoms with Crippen LogP contribution in [-0.2, 0) is 12.8 Å². The van der Waals surface area contributed by atoms with Gasteiger partial charge in [-0.1, -0.05) is 89.5 Å². The first-order chi connectivity index (χ1) is 15.8. The second-order valence-corrected chi connectivity index (χ2v) is 9.64. The molecule has 0 aromatic heterocycles. The van der Waals surface area contributed by atoms with Crippen LogP contribution in [0.1, 0.15) is 89.2 Å². The summed E-state index contributed by atoms with van der Waals surface area (Å²) in [7, 11) is 0. The van der Waals surface area contributed by atoms with Crippen LogP contribution in [0.5, 0.6) is 0 Å². The maximum absolute atomic E-state index is 2.55. The van der Waals surface area contributed by atoms with Gasteiger partial charge in [0.25, 0.3) is 0 Å². The van der Waals surface area contributed by atoms with E-state index in [4.69, 9.17) is 0 Å². The summed E-state index contributed by atoms with van der Waals surface area (Å²) < 4.78 is 0. The van der Waals surface area contributed by atoms with Gasteiger partial charge in [0.1, 0.15) is 0 Å². The van der Waals surface area contributed by atoms with Crippen LogP contribution >= 0.6 is 0 Å². The van der Waals surface area contributed by atoms with Crippen LogP contribution in [0, 0.1) is 0 Å². The second kappa shape index (κ2) is 14.2. The van der Waals surface area contributed by atoms with Gasteiger partial charge in [0.15, 0.2) is 0 Å². The number of piperazine rings is 1. The third-order valence-corrected chi connectivity index (χ3v) is 7.02. The van der Waals surface area contributed by atoms with Crippen LogP contribution in [0.4, 0.5) is 11.4 Å². The topological polar surface area (TPSA) is 6.48 Å². The van der Waals surface area contributed by atoms with E-state index in [9.17, 15) is 0 Å². The lowest BCUT2D eigenvalue weighted by Crippen LogP contribution is -2.46. The van der Waals surface area contributed by atoms with Crippen molar-refractivity contribution in [3.05, 3.63) is 59.7 Å². The van der Waals surface area contributed by atoms with Crippen LogP contribution in [0.25, 0.3) is 0 Å². The van der Waals surface area contributed by atoms with Crippen molar-refractivity contribution in [2.24, 2.45) is 0 Å². The molecule has 0 radical (unpaired) electrons. The summed E-state index contributed by atoms with van der Waals surface area (Å²) in [6.07, 6.45) is 16.1. The fourth-order valence-corrected chi connectivity index (χ4v) is 4.84. The van der Waals surface area contributed by atoms with Gasteiger partial charge in [-0.15, -0.1) is 0 Å². The van der Waals surface area contributed by atoms with Crippen LogP contribution in [-0.4, -0.2) is 26.2 Å². The molecule has 0 unspecified atom stereocenters. The molecule has 176 valence electrons. The van der Waals surface area contributed by atoms with Crippen LogP contribution in [0.2, 0.25) is 0 Å². The second-order valence-electron chi connectivity index (χ2n) is 9.64. The van der Waals surface area contributed by atoms with Gasteiger partial charge < -0.3 is 9.80 Å². The van der Waals surface area contributed by atoms with Crippen molar-refractivity contribution >= 4 is 11.4 Å². The molecular formula is C30H46N2. The first-order valence-electron chi connectivity index (χ1n) is 13.5. The summed E-state index contributed by atoms with van der Waals surface area (Å²) in [4.78, 5) is 5.10. The van der Waals surface area contributed by atoms with Crippen molar-refractivity contribution in [1.29, 1.82) is 0 Å². The molecule has 1 saturated heterocycles. The average molecular weight is 435 g/mol. The molecule has 1 heterocycles. The number of hydrogen-bond donors (Lipinski definition) is 0. The van der Waals surface area contributed by atoms with E-state index in [1.165, 1.54) is 99.6 Å². The van der Waals surface area contributed by atoms with Gasteiger partial charge in [-0.2, -0.15) is 0 Å². The fourth-order valence-electron chi connectivity index (χ4n) is 4.84. The highest BCUT2D eigenvalue weighted by Gasteiger charge is 2.17. The smallest absolute Gasteiger partial charge is 0.0367 e. The Morgan fingerprint density at radius 3 is 1.16 bits per heavy atom. The summed E-state index contributed by atoms with van der Waals surface area (Å²) in [6.45, 7) is 8.99. The van der Waals surface area contributed by atoms with Gasteiger partial charge in [0.2, 0.25) is 0 Å². The molecule has 3 rings (SSSR count). The number of unbranched alkanes of at least 4 members (excludes halogenated alkanes) is 8. The Labute approximate surface area is 198 Å². The molecule has 2 aromatic rings. The molecule has 0 atom stereocenters. The number of aryl methyl sites for hydroxylation is 2. The normalized spacial score (nSPS) is 14.2. The van der Waals surface area contributed by atoms with Crippen molar-refractivity contribution in [2.75, 3.05) is 36.0 Å². The highest BCUT2D eigenvalue weighted by Crippen LogP contribution is 2.22. The van der Waals surface area contributed by atoms with Crippen molar-refractivity contribution < 1.29 is 0 Å². The molecule has 0 amide bonds. The van der Waals surface area contributed by atoms with Crippen LogP contribution in [0.15, 0.2) is 48.5 Å². The zero-order valence-corrected chi connectivity index (χ0v) is 20.8. The minimum absolute atomic E-state index is 1.11. The molecule has 0 saturated carbocycles. The molecule has 2 aromatic carbocycles. The maximum atomic E-state index is 2.55. The van der Waals surface area contributed by atoms with Crippen LogP contribution in [0.3, 0.4) is 0 Å². The van der Waals surface area contributed by atoms with Gasteiger partial charge >= 0.3 is 0 Å². The molecule has 32 heavy (non-hydrogen) atoms. The summed E-state index contributed by atoms with van der Waals surface area (Å²) in [6, 6.07) is 18.8. The lowest BCUT2D eigenvalue weighted by molar-refractivity contribution is 0.631. The Bertz CT molecular complexity index is 661. The average Bonchev–Trinajstić information content (AvgIpc) is 2.85. The number of rotatable bonds is 14. The molecule has 2 heteroatoms. The van der Waals surface area contributed by atoms with Gasteiger partial charge in [-0.05, 0) is 61.1 Å². The van der Waals surface area contributed by atoms with Gasteiger partial charge in [-0.3, -0.25) is 0 Å². The Kier molecular flexibility index (Phi) is 11.0. The quantitative estimate of drug-likeness (QED) is 0.278. The largest absolute Gasteiger partial charge is 0.368 e. The summed E-state index contributed by atoms with van der Waals surface area (Å²) in [5, 5.41) is 0. The highest BCUT2D eigenvalue weighted by molar-refractivity contribution is 5.52. The Morgan fingerprint density at radius 1 is 0.469 bits per heavy atom. The first kappa shape index (κ1) is 24.7. The zero-order chi connectivity index (χ0) is 22.4. The molecule has 0 bridgehead atoms. The number of benzene rings is 2. The number of anilines is 2. The van der Waals surface area contributed by atoms with E-state index in [1.807, 2.05) is 0 Å². The fraction of sp³-hybridized carbons (Fsp3) is 0.600. The first-order valence-corrected chi connectivity index (χ1v) is 13.5. The van der Waals surface area contributed by atoms with E-state index >= 15 is 0 Å². The van der Waals surface area contributed by atoms with E-state index < -0.39 is 0 Å². The van der Waals surface area contributed by atoms with Gasteiger partial charge in [0.05, 0.1) is 0 Å². The van der Waals surface area contributed by atoms with E-state index in [0.29, 0.717) is 0 Å². The summed E-state index contributed by atoms with van der Waals surface area (Å²) in [5.74, 6) is 0. The van der Waals surface area contributed by atoms with Gasteiger partial charge in [0, 0.05) is 37.6 Å². The number of nitrogens with zero attached hydrogens (tertiary/aromatic N) is 2. The molecule has 1 aliphatic heterocycles. The molecule has 0 spiro atoms. The van der Waals surface area contributed by atoms with Crippen molar-refractivity contribution in [2.45, 2.75) is 90.9 Å². The minimum Gasteiger partial charge on any atom is -0.368 e. The number of hydrogen-bond acceptors (Lipinski definition) is 2. The predicted molar refractivity (Wildman–Crippen MR) is 142 cm³/mol. The van der Waals surface area contributed by atoms with E-state index in [-0.39, 0.29) is 0 Å². The minimum atomic E-state index is 1.11. The summed E-state index contributed by atoms with van der Waals surface area (Å²) in [5.41, 5.74) is 5.76. The molecule has 2 nitrogen and oxygen atoms in total. The van der Waals surface area contributed by atoms with E-state index in [2.05, 4.69) is 72.2 Å². The monoisotopic (exact) mass is 434 g/mol. The Hall–Kier alpha value is -1.96. The molecule has 0 N–H and O–H groups in total. The molecular weight excluding hydrogens is 388 g/mol. The predicted octanol–water partition coefficient (Wildman–Crippen LogP) is 8.04. The van der Waals surface area contributed by atoms with E-state index in [1.54, 1.807) is 0 Å². The van der Waals surface area contributed by atoms with Crippen LogP contribution < -0.4 is 9.80 Å². The van der Waals surface area contributed by atoms with Crippen molar-refractivity contribution in [3.8, 4) is 0 Å². The highest BCUT2D eigenvalue weighted by atomic mass is 15.3. The van der Waals surface area contributed by atoms with Crippen molar-refractivity contribution in [1.82, 2.24) is 0 Å². The Morgan fingerprint density at radius 2 is 0.812 bits per heavy atom. The molecule has 0 aliphatic carbocycles. The third kappa shape index (κ3) is 8.19. The lowest BCUT2D eigenvalue weighted by Gasteiger charge is -2.37. The van der Waals surface area contributed by atoms with Gasteiger partial charge in [-0.25, -0.2) is 0 Å². The van der Waals surface area contributed by atoms with E-state index in [0.717, 1.165) is 26.2 Å². The summed E-state index contributed by atoms with van der Waals surface area (Å²) >= 11 is 0. The molecule has 1 fully saturated rings. The van der Waals surface area contributed by atoms with Crippen molar-refractivity contribution in [3.63, 3.8) is 0 Å². The maximum Gasteiger partial charge on any atom is 0.0367 e.